The van der Waals surface area contributed by atoms with Gasteiger partial charge in [0, 0.05) is 21.7 Å². The van der Waals surface area contributed by atoms with Crippen LogP contribution >= 0.6 is 47.8 Å². The SMILES string of the molecule is O=C(O)C(Br)(Br)Br.[Ti]. The average Bonchev–Trinajstić information content (AvgIpc) is 1.31. The fraction of sp³-hybridized carbons (Fsp3) is 0.500. The molecule has 0 heterocycles. The van der Waals surface area contributed by atoms with Crippen LogP contribution in [0.3, 0.4) is 0 Å². The van der Waals surface area contributed by atoms with E-state index in [1.54, 1.807) is 0 Å². The minimum absolute atomic E-state index is 0. The monoisotopic (exact) mass is 342 g/mol. The zero-order chi connectivity index (χ0) is 6.08. The van der Waals surface area contributed by atoms with E-state index in [4.69, 9.17) is 5.11 Å². The summed E-state index contributed by atoms with van der Waals surface area (Å²) < 4.78 is -1.15. The first-order chi connectivity index (χ1) is 2.94. The van der Waals surface area contributed by atoms with Gasteiger partial charge in [-0.3, -0.25) is 0 Å². The molecule has 0 aromatic heterocycles. The molecule has 0 atom stereocenters. The molecule has 0 unspecified atom stereocenters. The number of hydrogen-bond donors (Lipinski definition) is 1. The topological polar surface area (TPSA) is 37.3 Å². The Hall–Kier alpha value is 1.62. The Bertz CT molecular complexity index is 87.8. The van der Waals surface area contributed by atoms with Crippen molar-refractivity contribution in [2.75, 3.05) is 0 Å². The molecule has 0 aromatic rings. The molecule has 0 bridgehead atoms. The first-order valence-corrected chi connectivity index (χ1v) is 3.62. The van der Waals surface area contributed by atoms with Gasteiger partial charge < -0.3 is 5.11 Å². The molecule has 0 spiro atoms. The molecule has 0 aliphatic rings. The van der Waals surface area contributed by atoms with Crippen molar-refractivity contribution in [2.45, 2.75) is 2.14 Å². The Morgan fingerprint density at radius 3 is 1.50 bits per heavy atom. The summed E-state index contributed by atoms with van der Waals surface area (Å²) in [7, 11) is 0. The van der Waals surface area contributed by atoms with Gasteiger partial charge in [-0.2, -0.15) is 0 Å². The van der Waals surface area contributed by atoms with Gasteiger partial charge in [-0.05, 0) is 47.8 Å². The number of halogens is 3. The minimum Gasteiger partial charge on any atom is -0.479 e. The second-order valence-corrected chi connectivity index (χ2v) is 7.56. The van der Waals surface area contributed by atoms with Crippen molar-refractivity contribution in [1.29, 1.82) is 0 Å². The summed E-state index contributed by atoms with van der Waals surface area (Å²) in [6, 6.07) is 0. The van der Waals surface area contributed by atoms with E-state index in [1.807, 2.05) is 0 Å². The molecule has 0 aromatic carbocycles. The number of carboxylic acids is 1. The Morgan fingerprint density at radius 1 is 1.38 bits per heavy atom. The van der Waals surface area contributed by atoms with Gasteiger partial charge in [0.2, 0.25) is 2.14 Å². The maximum absolute atomic E-state index is 9.88. The molecule has 0 rings (SSSR count). The van der Waals surface area contributed by atoms with Crippen molar-refractivity contribution in [3.63, 3.8) is 0 Å². The molecule has 46 valence electrons. The average molecular weight is 345 g/mol. The van der Waals surface area contributed by atoms with Gasteiger partial charge in [0.1, 0.15) is 0 Å². The van der Waals surface area contributed by atoms with Crippen LogP contribution in [0.15, 0.2) is 0 Å². The molecule has 8 heavy (non-hydrogen) atoms. The number of rotatable bonds is 0. The third-order valence-electron chi connectivity index (χ3n) is 0.243. The van der Waals surface area contributed by atoms with E-state index in [1.165, 1.54) is 0 Å². The summed E-state index contributed by atoms with van der Waals surface area (Å²) in [5, 5.41) is 8.11. The minimum atomic E-state index is -1.15. The number of carboxylic acid groups (broad SMARTS) is 1. The van der Waals surface area contributed by atoms with E-state index in [0.717, 1.165) is 0 Å². The fourth-order valence-electron chi connectivity index (χ4n) is 0. The summed E-state index contributed by atoms with van der Waals surface area (Å²) in [6.45, 7) is 0. The normalized spacial score (nSPS) is 9.88. The first kappa shape index (κ1) is 12.3. The van der Waals surface area contributed by atoms with Crippen molar-refractivity contribution in [3.8, 4) is 0 Å². The molecule has 2 nitrogen and oxygen atoms in total. The van der Waals surface area contributed by atoms with Crippen molar-refractivity contribution >= 4 is 53.8 Å². The van der Waals surface area contributed by atoms with E-state index >= 15 is 0 Å². The first-order valence-electron chi connectivity index (χ1n) is 1.24. The van der Waals surface area contributed by atoms with Crippen LogP contribution in [0.2, 0.25) is 0 Å². The molecule has 0 aliphatic heterocycles. The van der Waals surface area contributed by atoms with E-state index in [2.05, 4.69) is 47.8 Å². The van der Waals surface area contributed by atoms with Crippen LogP contribution in [0.25, 0.3) is 0 Å². The number of aliphatic carboxylic acids is 1. The van der Waals surface area contributed by atoms with Gasteiger partial charge in [-0.25, -0.2) is 4.79 Å². The Labute approximate surface area is 86.7 Å². The van der Waals surface area contributed by atoms with Gasteiger partial charge in [-0.15, -0.1) is 0 Å². The second kappa shape index (κ2) is 4.44. The summed E-state index contributed by atoms with van der Waals surface area (Å²) in [6.07, 6.45) is 0. The van der Waals surface area contributed by atoms with E-state index in [0.29, 0.717) is 0 Å². The molecule has 0 saturated carbocycles. The Morgan fingerprint density at radius 2 is 1.50 bits per heavy atom. The third kappa shape index (κ3) is 5.76. The molecular weight excluding hydrogens is 344 g/mol. The predicted octanol–water partition coefficient (Wildman–Crippen LogP) is 1.91. The zero-order valence-electron chi connectivity index (χ0n) is 3.49. The Kier molecular flexibility index (Phi) is 6.84. The van der Waals surface area contributed by atoms with Gasteiger partial charge in [0.25, 0.3) is 0 Å². The molecule has 6 heteroatoms. The summed E-state index contributed by atoms with van der Waals surface area (Å²) in [5.41, 5.74) is 0. The maximum Gasteiger partial charge on any atom is 0.342 e. The van der Waals surface area contributed by atoms with Crippen LogP contribution < -0.4 is 0 Å². The largest absolute Gasteiger partial charge is 0.479 e. The number of alkyl halides is 3. The molecule has 0 saturated heterocycles. The van der Waals surface area contributed by atoms with Crippen molar-refractivity contribution in [3.05, 3.63) is 0 Å². The summed E-state index contributed by atoms with van der Waals surface area (Å²) in [4.78, 5) is 9.88. The Balaban J connectivity index is 0. The molecule has 0 fully saturated rings. The van der Waals surface area contributed by atoms with Crippen LogP contribution in [-0.4, -0.2) is 13.2 Å². The van der Waals surface area contributed by atoms with Gasteiger partial charge in [0.15, 0.2) is 0 Å². The number of hydrogen-bond acceptors (Lipinski definition) is 1. The standard InChI is InChI=1S/C2HBr3O2.Ti/c3-2(4,5)1(6)7;/h(H,6,7);. The quantitative estimate of drug-likeness (QED) is 0.538. The molecule has 0 radical (unpaired) electrons. The van der Waals surface area contributed by atoms with Gasteiger partial charge in [-0.1, -0.05) is 0 Å². The molecular formula is C2HBr3O2Ti. The van der Waals surface area contributed by atoms with Crippen LogP contribution in [0, 0.1) is 0 Å². The zero-order valence-corrected chi connectivity index (χ0v) is 9.81. The van der Waals surface area contributed by atoms with Crippen molar-refractivity contribution < 1.29 is 31.6 Å². The van der Waals surface area contributed by atoms with Crippen LogP contribution in [-0.2, 0) is 26.5 Å². The predicted molar refractivity (Wildman–Crippen MR) is 37.1 cm³/mol. The van der Waals surface area contributed by atoms with Crippen LogP contribution in [0.1, 0.15) is 0 Å². The smallest absolute Gasteiger partial charge is 0.342 e. The summed E-state index contributed by atoms with van der Waals surface area (Å²) >= 11 is 8.33. The van der Waals surface area contributed by atoms with Gasteiger partial charge >= 0.3 is 5.97 Å². The maximum atomic E-state index is 9.88. The molecule has 1 N–H and O–H groups in total. The van der Waals surface area contributed by atoms with Crippen molar-refractivity contribution in [1.82, 2.24) is 0 Å². The third-order valence-corrected chi connectivity index (χ3v) is 1.26. The van der Waals surface area contributed by atoms with Crippen LogP contribution in [0.5, 0.6) is 0 Å². The fourth-order valence-corrected chi connectivity index (χ4v) is 0. The van der Waals surface area contributed by atoms with E-state index in [-0.39, 0.29) is 21.7 Å². The summed E-state index contributed by atoms with van der Waals surface area (Å²) in [5.74, 6) is -1.01. The molecule has 0 aliphatic carbocycles. The van der Waals surface area contributed by atoms with E-state index in [9.17, 15) is 4.79 Å². The van der Waals surface area contributed by atoms with Gasteiger partial charge in [0.05, 0.1) is 0 Å². The van der Waals surface area contributed by atoms with E-state index < -0.39 is 8.11 Å². The molecule has 0 amide bonds. The van der Waals surface area contributed by atoms with Crippen LogP contribution in [0.4, 0.5) is 0 Å². The van der Waals surface area contributed by atoms with Crippen molar-refractivity contribution in [2.24, 2.45) is 0 Å². The number of carbonyl (C=O) groups is 1. The second-order valence-electron chi connectivity index (χ2n) is 0.803.